The Kier molecular flexibility index (Phi) is 6.51. The summed E-state index contributed by atoms with van der Waals surface area (Å²) in [5.74, 6) is 0. The van der Waals surface area contributed by atoms with Crippen molar-refractivity contribution in [3.8, 4) is 0 Å². The van der Waals surface area contributed by atoms with Crippen molar-refractivity contribution >= 4 is 0 Å². The topological polar surface area (TPSA) is 35.5 Å². The Hall–Kier alpha value is -0.900. The monoisotopic (exact) mass is 276 g/mol. The maximum absolute atomic E-state index is 9.61. The highest BCUT2D eigenvalue weighted by molar-refractivity contribution is 5.16. The molecule has 0 aliphatic carbocycles. The van der Waals surface area contributed by atoms with Crippen LogP contribution in [0.25, 0.3) is 0 Å². The molecule has 0 saturated carbocycles. The molecule has 2 N–H and O–H groups in total. The average molecular weight is 276 g/mol. The van der Waals surface area contributed by atoms with E-state index >= 15 is 0 Å². The van der Waals surface area contributed by atoms with E-state index < -0.39 is 0 Å². The first kappa shape index (κ1) is 15.5. The summed E-state index contributed by atoms with van der Waals surface area (Å²) in [7, 11) is 0. The smallest absolute Gasteiger partial charge is 0.0587 e. The molecule has 1 saturated heterocycles. The van der Waals surface area contributed by atoms with Crippen LogP contribution >= 0.6 is 0 Å². The molecule has 0 radical (unpaired) electrons. The molecule has 3 heteroatoms. The van der Waals surface area contributed by atoms with Gasteiger partial charge in [0.15, 0.2) is 0 Å². The molecule has 2 rings (SSSR count). The number of rotatable bonds is 6. The third kappa shape index (κ3) is 4.89. The second kappa shape index (κ2) is 8.40. The molecule has 1 aliphatic heterocycles. The van der Waals surface area contributed by atoms with E-state index in [0.717, 1.165) is 13.0 Å². The minimum Gasteiger partial charge on any atom is -0.395 e. The third-order valence-electron chi connectivity index (χ3n) is 4.28. The van der Waals surface area contributed by atoms with Crippen molar-refractivity contribution in [2.75, 3.05) is 26.2 Å². The molecule has 1 aromatic carbocycles. The van der Waals surface area contributed by atoms with Gasteiger partial charge < -0.3 is 15.3 Å². The average Bonchev–Trinajstić information content (AvgIpc) is 2.72. The van der Waals surface area contributed by atoms with Crippen LogP contribution in [-0.2, 0) is 6.42 Å². The minimum atomic E-state index is 0.176. The predicted molar refractivity (Wildman–Crippen MR) is 83.9 cm³/mol. The fraction of sp³-hybridized carbons (Fsp3) is 0.647. The number of hydrogen-bond donors (Lipinski definition) is 2. The lowest BCUT2D eigenvalue weighted by atomic mass is 10.0. The Balaban J connectivity index is 1.83. The highest BCUT2D eigenvalue weighted by Crippen LogP contribution is 2.12. The lowest BCUT2D eigenvalue weighted by Crippen LogP contribution is -2.42. The van der Waals surface area contributed by atoms with Gasteiger partial charge in [-0.25, -0.2) is 0 Å². The Morgan fingerprint density at radius 2 is 2.05 bits per heavy atom. The summed E-state index contributed by atoms with van der Waals surface area (Å²) in [5.41, 5.74) is 1.29. The van der Waals surface area contributed by atoms with E-state index in [1.807, 2.05) is 6.07 Å². The number of likely N-dealkylation sites (tertiary alicyclic amines) is 1. The summed E-state index contributed by atoms with van der Waals surface area (Å²) in [6.07, 6.45) is 4.58. The molecular weight excluding hydrogens is 248 g/mol. The van der Waals surface area contributed by atoms with Crippen molar-refractivity contribution in [3.05, 3.63) is 35.9 Å². The first-order chi connectivity index (χ1) is 9.81. The van der Waals surface area contributed by atoms with Crippen LogP contribution in [0.1, 0.15) is 31.7 Å². The molecule has 3 nitrogen and oxygen atoms in total. The number of aliphatic hydroxyl groups excluding tert-OH is 1. The minimum absolute atomic E-state index is 0.176. The molecule has 112 valence electrons. The summed E-state index contributed by atoms with van der Waals surface area (Å²) >= 11 is 0. The fourth-order valence-corrected chi connectivity index (χ4v) is 3.05. The largest absolute Gasteiger partial charge is 0.395 e. The van der Waals surface area contributed by atoms with Gasteiger partial charge in [0, 0.05) is 12.1 Å². The number of nitrogens with zero attached hydrogens (tertiary/aromatic N) is 1. The van der Waals surface area contributed by atoms with E-state index in [9.17, 15) is 5.11 Å². The van der Waals surface area contributed by atoms with Gasteiger partial charge in [-0.1, -0.05) is 37.3 Å². The molecule has 0 spiro atoms. The summed E-state index contributed by atoms with van der Waals surface area (Å²) < 4.78 is 0. The molecule has 1 unspecified atom stereocenters. The van der Waals surface area contributed by atoms with Crippen molar-refractivity contribution in [1.82, 2.24) is 10.2 Å². The highest BCUT2D eigenvalue weighted by atomic mass is 16.3. The maximum atomic E-state index is 9.61. The molecule has 1 heterocycles. The molecule has 20 heavy (non-hydrogen) atoms. The Morgan fingerprint density at radius 1 is 1.25 bits per heavy atom. The van der Waals surface area contributed by atoms with Crippen molar-refractivity contribution in [1.29, 1.82) is 0 Å². The molecule has 1 aromatic rings. The van der Waals surface area contributed by atoms with Gasteiger partial charge in [0.25, 0.3) is 0 Å². The lowest BCUT2D eigenvalue weighted by Gasteiger charge is -2.24. The van der Waals surface area contributed by atoms with Crippen LogP contribution in [0.4, 0.5) is 0 Å². The van der Waals surface area contributed by atoms with Crippen molar-refractivity contribution < 1.29 is 5.11 Å². The summed E-state index contributed by atoms with van der Waals surface area (Å²) in [5, 5.41) is 13.3. The Morgan fingerprint density at radius 3 is 2.75 bits per heavy atom. The molecular formula is C17H28N2O. The number of benzene rings is 1. The van der Waals surface area contributed by atoms with E-state index in [0.29, 0.717) is 6.04 Å². The molecule has 0 amide bonds. The second-order valence-corrected chi connectivity index (χ2v) is 5.80. The number of nitrogens with one attached hydrogen (secondary N) is 1. The molecule has 2 atom stereocenters. The highest BCUT2D eigenvalue weighted by Gasteiger charge is 2.19. The van der Waals surface area contributed by atoms with Crippen LogP contribution < -0.4 is 5.32 Å². The van der Waals surface area contributed by atoms with E-state index in [-0.39, 0.29) is 12.6 Å². The third-order valence-corrected chi connectivity index (χ3v) is 4.28. The van der Waals surface area contributed by atoms with Gasteiger partial charge >= 0.3 is 0 Å². The predicted octanol–water partition coefficient (Wildman–Crippen LogP) is 2.05. The fourth-order valence-electron chi connectivity index (χ4n) is 3.05. The van der Waals surface area contributed by atoms with Gasteiger partial charge in [0.1, 0.15) is 0 Å². The molecule has 1 fully saturated rings. The van der Waals surface area contributed by atoms with Crippen molar-refractivity contribution in [2.24, 2.45) is 0 Å². The number of aliphatic hydroxyl groups is 1. The lowest BCUT2D eigenvalue weighted by molar-refractivity contribution is 0.224. The number of hydrogen-bond acceptors (Lipinski definition) is 3. The van der Waals surface area contributed by atoms with Gasteiger partial charge in [-0.05, 0) is 50.9 Å². The van der Waals surface area contributed by atoms with Gasteiger partial charge in [0.2, 0.25) is 0 Å². The first-order valence-electron chi connectivity index (χ1n) is 7.95. The first-order valence-corrected chi connectivity index (χ1v) is 7.95. The summed E-state index contributed by atoms with van der Waals surface area (Å²) in [4.78, 5) is 2.52. The quantitative estimate of drug-likeness (QED) is 0.835. The second-order valence-electron chi connectivity index (χ2n) is 5.80. The van der Waals surface area contributed by atoms with E-state index in [1.54, 1.807) is 0 Å². The normalized spacial score (nSPS) is 22.4. The van der Waals surface area contributed by atoms with E-state index in [4.69, 9.17) is 0 Å². The Bertz CT molecular complexity index is 369. The van der Waals surface area contributed by atoms with Crippen molar-refractivity contribution in [3.63, 3.8) is 0 Å². The van der Waals surface area contributed by atoms with Crippen molar-refractivity contribution in [2.45, 2.75) is 44.7 Å². The van der Waals surface area contributed by atoms with Crippen LogP contribution in [0.3, 0.4) is 0 Å². The van der Waals surface area contributed by atoms with Crippen LogP contribution in [0.15, 0.2) is 30.3 Å². The van der Waals surface area contributed by atoms with Crippen LogP contribution in [0, 0.1) is 0 Å². The zero-order valence-corrected chi connectivity index (χ0v) is 12.6. The van der Waals surface area contributed by atoms with Crippen LogP contribution in [-0.4, -0.2) is 48.3 Å². The van der Waals surface area contributed by atoms with Crippen LogP contribution in [0.2, 0.25) is 0 Å². The van der Waals surface area contributed by atoms with Gasteiger partial charge in [0.05, 0.1) is 6.61 Å². The van der Waals surface area contributed by atoms with Crippen LogP contribution in [0.5, 0.6) is 0 Å². The zero-order valence-electron chi connectivity index (χ0n) is 12.6. The Labute approximate surface area is 123 Å². The molecule has 1 aliphatic rings. The molecule has 0 aromatic heterocycles. The van der Waals surface area contributed by atoms with E-state index in [1.165, 1.54) is 37.9 Å². The summed E-state index contributed by atoms with van der Waals surface area (Å²) in [6, 6.07) is 11.2. The SMILES string of the molecule is CCN1CCCC(N[C@H](CO)Cc2ccccc2)CC1. The molecule has 0 bridgehead atoms. The maximum Gasteiger partial charge on any atom is 0.0587 e. The standard InChI is InChI=1S/C17H28N2O/c1-2-19-11-6-9-16(10-12-19)18-17(14-20)13-15-7-4-3-5-8-15/h3-5,7-8,16-18,20H,2,6,9-14H2,1H3/t16?,17-/m0/s1. The van der Waals surface area contributed by atoms with Gasteiger partial charge in [-0.15, -0.1) is 0 Å². The van der Waals surface area contributed by atoms with Gasteiger partial charge in [-0.3, -0.25) is 0 Å². The van der Waals surface area contributed by atoms with Gasteiger partial charge in [-0.2, -0.15) is 0 Å². The zero-order chi connectivity index (χ0) is 14.2. The van der Waals surface area contributed by atoms with E-state index in [2.05, 4.69) is 41.4 Å². The summed E-state index contributed by atoms with van der Waals surface area (Å²) in [6.45, 7) is 6.00.